The molecule has 4 aromatic rings. The molecule has 0 fully saturated rings. The first-order valence-corrected chi connectivity index (χ1v) is 7.97. The van der Waals surface area contributed by atoms with Crippen LogP contribution in [0.3, 0.4) is 0 Å². The smallest absolute Gasteiger partial charge is 0.351 e. The lowest BCUT2D eigenvalue weighted by molar-refractivity contribution is 0.0681. The van der Waals surface area contributed by atoms with Gasteiger partial charge in [-0.2, -0.15) is 0 Å². The average molecular weight is 378 g/mol. The molecule has 0 atom stereocenters. The van der Waals surface area contributed by atoms with Gasteiger partial charge in [-0.1, -0.05) is 30.3 Å². The van der Waals surface area contributed by atoms with E-state index in [1.165, 1.54) is 6.07 Å². The van der Waals surface area contributed by atoms with Gasteiger partial charge >= 0.3 is 23.2 Å². The predicted octanol–water partition coefficient (Wildman–Crippen LogP) is 2.96. The monoisotopic (exact) mass is 378 g/mol. The van der Waals surface area contributed by atoms with Crippen molar-refractivity contribution in [2.24, 2.45) is 0 Å². The van der Waals surface area contributed by atoms with Crippen LogP contribution in [0.5, 0.6) is 0 Å². The van der Waals surface area contributed by atoms with Gasteiger partial charge in [0, 0.05) is 10.9 Å². The average Bonchev–Trinajstić information content (AvgIpc) is 2.67. The topological polar surface area (TPSA) is 135 Å². The fourth-order valence-electron chi connectivity index (χ4n) is 3.00. The highest BCUT2D eigenvalue weighted by Crippen LogP contribution is 2.34. The molecule has 0 aliphatic carbocycles. The third-order valence-electron chi connectivity index (χ3n) is 4.26. The zero-order chi connectivity index (χ0) is 20.0. The molecule has 0 saturated carbocycles. The standard InChI is InChI=1S/C20H10O8/c21-17(22)13-7-10-6-11(9-4-2-1-3-5-9)16-12(15(10)27-19(13)25)8-14(18(23)24)20(26)28-16/h1-8H,(H,21,22)(H,23,24). The van der Waals surface area contributed by atoms with E-state index in [0.29, 0.717) is 11.1 Å². The molecule has 8 heteroatoms. The molecule has 2 aromatic carbocycles. The van der Waals surface area contributed by atoms with E-state index in [-0.39, 0.29) is 21.9 Å². The maximum Gasteiger partial charge on any atom is 0.351 e. The van der Waals surface area contributed by atoms with E-state index < -0.39 is 34.3 Å². The highest BCUT2D eigenvalue weighted by Gasteiger charge is 2.21. The molecular weight excluding hydrogens is 368 g/mol. The third-order valence-corrected chi connectivity index (χ3v) is 4.26. The van der Waals surface area contributed by atoms with E-state index >= 15 is 0 Å². The Morgan fingerprint density at radius 3 is 1.93 bits per heavy atom. The number of aromatic carboxylic acids is 2. The summed E-state index contributed by atoms with van der Waals surface area (Å²) >= 11 is 0. The fourth-order valence-corrected chi connectivity index (χ4v) is 3.00. The summed E-state index contributed by atoms with van der Waals surface area (Å²) in [5, 5.41) is 18.7. The minimum absolute atomic E-state index is 0.0277. The minimum Gasteiger partial charge on any atom is -0.477 e. The van der Waals surface area contributed by atoms with Crippen molar-refractivity contribution in [1.29, 1.82) is 0 Å². The summed E-state index contributed by atoms with van der Waals surface area (Å²) in [7, 11) is 0. The lowest BCUT2D eigenvalue weighted by Crippen LogP contribution is -2.14. The molecule has 0 unspecified atom stereocenters. The fraction of sp³-hybridized carbons (Fsp3) is 0. The lowest BCUT2D eigenvalue weighted by atomic mass is 9.99. The second-order valence-electron chi connectivity index (χ2n) is 5.96. The third kappa shape index (κ3) is 2.64. The zero-order valence-electron chi connectivity index (χ0n) is 14.0. The van der Waals surface area contributed by atoms with E-state index in [1.807, 2.05) is 0 Å². The molecule has 0 aliphatic rings. The van der Waals surface area contributed by atoms with Crippen LogP contribution in [0.1, 0.15) is 20.7 Å². The van der Waals surface area contributed by atoms with Crippen LogP contribution in [0.15, 0.2) is 67.0 Å². The van der Waals surface area contributed by atoms with Crippen molar-refractivity contribution in [3.05, 3.63) is 80.5 Å². The summed E-state index contributed by atoms with van der Waals surface area (Å²) in [6, 6.07) is 12.5. The van der Waals surface area contributed by atoms with Crippen LogP contribution in [0.2, 0.25) is 0 Å². The van der Waals surface area contributed by atoms with Crippen molar-refractivity contribution in [3.63, 3.8) is 0 Å². The van der Waals surface area contributed by atoms with Gasteiger partial charge < -0.3 is 19.0 Å². The summed E-state index contributed by atoms with van der Waals surface area (Å²) in [5.74, 6) is -2.96. The Balaban J connectivity index is 2.24. The van der Waals surface area contributed by atoms with E-state index in [2.05, 4.69) is 0 Å². The van der Waals surface area contributed by atoms with Crippen LogP contribution in [0.25, 0.3) is 33.1 Å². The van der Waals surface area contributed by atoms with Crippen LogP contribution >= 0.6 is 0 Å². The molecule has 2 heterocycles. The number of carboxylic acid groups (broad SMARTS) is 2. The first-order chi connectivity index (χ1) is 13.4. The number of benzene rings is 2. The van der Waals surface area contributed by atoms with Crippen LogP contribution in [-0.2, 0) is 0 Å². The molecule has 8 nitrogen and oxygen atoms in total. The van der Waals surface area contributed by atoms with E-state index in [0.717, 1.165) is 12.1 Å². The van der Waals surface area contributed by atoms with Gasteiger partial charge in [0.05, 0.1) is 5.39 Å². The van der Waals surface area contributed by atoms with Crippen molar-refractivity contribution in [2.75, 3.05) is 0 Å². The van der Waals surface area contributed by atoms with Gasteiger partial charge in [0.2, 0.25) is 0 Å². The van der Waals surface area contributed by atoms with Gasteiger partial charge in [0.1, 0.15) is 22.3 Å². The van der Waals surface area contributed by atoms with Gasteiger partial charge in [-0.15, -0.1) is 0 Å². The number of carboxylic acids is 2. The first-order valence-electron chi connectivity index (χ1n) is 7.97. The predicted molar refractivity (Wildman–Crippen MR) is 97.9 cm³/mol. The molecule has 138 valence electrons. The molecule has 0 radical (unpaired) electrons. The van der Waals surface area contributed by atoms with Crippen LogP contribution < -0.4 is 11.3 Å². The number of hydrogen-bond donors (Lipinski definition) is 2. The number of hydrogen-bond acceptors (Lipinski definition) is 6. The van der Waals surface area contributed by atoms with Gasteiger partial charge in [-0.3, -0.25) is 0 Å². The molecule has 0 amide bonds. The van der Waals surface area contributed by atoms with Crippen molar-refractivity contribution >= 4 is 33.9 Å². The van der Waals surface area contributed by atoms with Gasteiger partial charge in [-0.25, -0.2) is 19.2 Å². The second-order valence-corrected chi connectivity index (χ2v) is 5.96. The van der Waals surface area contributed by atoms with E-state index in [9.17, 15) is 29.4 Å². The van der Waals surface area contributed by atoms with E-state index in [4.69, 9.17) is 8.83 Å². The molecule has 2 N–H and O–H groups in total. The largest absolute Gasteiger partial charge is 0.477 e. The van der Waals surface area contributed by atoms with Crippen molar-refractivity contribution in [1.82, 2.24) is 0 Å². The Morgan fingerprint density at radius 2 is 1.32 bits per heavy atom. The van der Waals surface area contributed by atoms with Crippen LogP contribution in [-0.4, -0.2) is 22.2 Å². The number of fused-ring (bicyclic) bond motifs is 3. The summed E-state index contributed by atoms with van der Waals surface area (Å²) in [6.45, 7) is 0. The summed E-state index contributed by atoms with van der Waals surface area (Å²) in [4.78, 5) is 46.7. The Hall–Kier alpha value is -4.20. The Labute approximate surface area is 154 Å². The Kier molecular flexibility index (Phi) is 3.82. The van der Waals surface area contributed by atoms with Gasteiger partial charge in [-0.05, 0) is 23.8 Å². The molecule has 4 rings (SSSR count). The van der Waals surface area contributed by atoms with Crippen molar-refractivity contribution < 1.29 is 28.6 Å². The maximum atomic E-state index is 12.1. The molecular formula is C20H10O8. The number of rotatable bonds is 3. The molecule has 0 bridgehead atoms. The quantitative estimate of drug-likeness (QED) is 0.410. The lowest BCUT2D eigenvalue weighted by Gasteiger charge is -2.09. The minimum atomic E-state index is -1.50. The Morgan fingerprint density at radius 1 is 0.750 bits per heavy atom. The van der Waals surface area contributed by atoms with Crippen LogP contribution in [0.4, 0.5) is 0 Å². The van der Waals surface area contributed by atoms with Crippen molar-refractivity contribution in [3.8, 4) is 11.1 Å². The maximum absolute atomic E-state index is 12.1. The molecule has 0 aliphatic heterocycles. The highest BCUT2D eigenvalue weighted by molar-refractivity contribution is 6.11. The SMILES string of the molecule is O=C(O)c1cc2c(oc1=O)c(-c1ccccc1)cc1cc(C(=O)O)c(=O)oc12. The van der Waals surface area contributed by atoms with Gasteiger partial charge in [0.15, 0.2) is 0 Å². The van der Waals surface area contributed by atoms with Gasteiger partial charge in [0.25, 0.3) is 0 Å². The molecule has 0 spiro atoms. The second kappa shape index (κ2) is 6.20. The summed E-state index contributed by atoms with van der Waals surface area (Å²) in [5.41, 5.74) is -2.34. The Bertz CT molecular complexity index is 1390. The molecule has 0 saturated heterocycles. The number of carbonyl (C=O) groups is 2. The highest BCUT2D eigenvalue weighted by atomic mass is 16.4. The normalized spacial score (nSPS) is 11.0. The zero-order valence-corrected chi connectivity index (χ0v) is 14.0. The first kappa shape index (κ1) is 17.2. The summed E-state index contributed by atoms with van der Waals surface area (Å²) in [6.07, 6.45) is 0. The molecule has 28 heavy (non-hydrogen) atoms. The molecule has 2 aromatic heterocycles. The van der Waals surface area contributed by atoms with Crippen LogP contribution in [0, 0.1) is 0 Å². The van der Waals surface area contributed by atoms with Crippen molar-refractivity contribution in [2.45, 2.75) is 0 Å². The summed E-state index contributed by atoms with van der Waals surface area (Å²) < 4.78 is 10.4. The van der Waals surface area contributed by atoms with E-state index in [1.54, 1.807) is 30.3 Å².